The van der Waals surface area contributed by atoms with Crippen molar-refractivity contribution < 1.29 is 19.3 Å². The van der Waals surface area contributed by atoms with Crippen LogP contribution in [0.1, 0.15) is 50.2 Å². The minimum absolute atomic E-state index is 0.0270. The predicted octanol–water partition coefficient (Wildman–Crippen LogP) is 3.67. The molecule has 5 nitrogen and oxygen atoms in total. The van der Waals surface area contributed by atoms with E-state index in [2.05, 4.69) is 28.5 Å². The monoisotopic (exact) mass is 403 g/mol. The van der Waals surface area contributed by atoms with Crippen LogP contribution in [0, 0.1) is 5.92 Å². The zero-order chi connectivity index (χ0) is 21.3. The highest BCUT2D eigenvalue weighted by Gasteiger charge is 2.45. The van der Waals surface area contributed by atoms with E-state index in [4.69, 9.17) is 4.74 Å². The number of H-pyrrole nitrogens is 1. The molecule has 4 rings (SSSR count). The summed E-state index contributed by atoms with van der Waals surface area (Å²) in [6.07, 6.45) is 5.98. The van der Waals surface area contributed by atoms with Gasteiger partial charge in [0.15, 0.2) is 12.4 Å². The molecule has 3 unspecified atom stereocenters. The van der Waals surface area contributed by atoms with Gasteiger partial charge in [-0.2, -0.15) is 0 Å². The number of pyridine rings is 1. The first kappa shape index (κ1) is 20.1. The maximum absolute atomic E-state index is 13.4. The Bertz CT molecular complexity index is 1010. The molecule has 2 aliphatic rings. The molecular weight excluding hydrogens is 376 g/mol. The Morgan fingerprint density at radius 3 is 2.43 bits per heavy atom. The van der Waals surface area contributed by atoms with Crippen molar-refractivity contribution in [3.05, 3.63) is 89.0 Å². The Balaban J connectivity index is 1.81. The number of allylic oxidation sites excluding steroid dienone is 3. The van der Waals surface area contributed by atoms with Gasteiger partial charge in [0.2, 0.25) is 0 Å². The minimum atomic E-state index is -0.425. The number of carbonyl (C=O) groups is 2. The highest BCUT2D eigenvalue weighted by atomic mass is 16.5. The molecule has 0 bridgehead atoms. The topological polar surface area (TPSA) is 69.5 Å². The summed E-state index contributed by atoms with van der Waals surface area (Å²) in [5.41, 5.74) is 4.19. The highest BCUT2D eigenvalue weighted by Crippen LogP contribution is 2.46. The molecule has 2 heterocycles. The van der Waals surface area contributed by atoms with Crippen LogP contribution >= 0.6 is 0 Å². The third kappa shape index (κ3) is 3.80. The lowest BCUT2D eigenvalue weighted by molar-refractivity contribution is -0.378. The summed E-state index contributed by atoms with van der Waals surface area (Å²) in [7, 11) is 0. The van der Waals surface area contributed by atoms with Gasteiger partial charge in [-0.1, -0.05) is 36.4 Å². The number of aromatic amines is 1. The van der Waals surface area contributed by atoms with Crippen LogP contribution < -0.4 is 10.3 Å². The average molecular weight is 404 g/mol. The van der Waals surface area contributed by atoms with E-state index in [1.54, 1.807) is 0 Å². The molecule has 1 aliphatic carbocycles. The maximum atomic E-state index is 13.4. The van der Waals surface area contributed by atoms with Crippen molar-refractivity contribution in [3.8, 4) is 0 Å². The van der Waals surface area contributed by atoms with Crippen molar-refractivity contribution in [2.45, 2.75) is 45.1 Å². The number of rotatable bonds is 4. The molecule has 30 heavy (non-hydrogen) atoms. The second-order valence-electron chi connectivity index (χ2n) is 8.22. The summed E-state index contributed by atoms with van der Waals surface area (Å²) in [5, 5.41) is 3.36. The number of ketones is 1. The third-order valence-corrected chi connectivity index (χ3v) is 5.76. The standard InChI is InChI=1S/C25H26N2O3/c1-15(2)30-25(29)22-16(3)27-20-13-19(17-7-5-4-6-8-17)14-21(28)24(20)23(22)18-9-11-26-12-10-18/h4-13,15,19,23-24,27H,14H2,1-3H3/p+1. The smallest absolute Gasteiger partial charge is 0.336 e. The van der Waals surface area contributed by atoms with E-state index in [-0.39, 0.29) is 29.7 Å². The zero-order valence-corrected chi connectivity index (χ0v) is 17.5. The first-order chi connectivity index (χ1) is 14.5. The van der Waals surface area contributed by atoms with Gasteiger partial charge < -0.3 is 10.1 Å². The molecule has 1 aromatic heterocycles. The number of hydrogen-bond acceptors (Lipinski definition) is 4. The van der Waals surface area contributed by atoms with Crippen LogP contribution in [-0.2, 0) is 14.3 Å². The van der Waals surface area contributed by atoms with E-state index in [1.165, 1.54) is 0 Å². The average Bonchev–Trinajstić information content (AvgIpc) is 2.73. The zero-order valence-electron chi connectivity index (χ0n) is 17.5. The van der Waals surface area contributed by atoms with E-state index >= 15 is 0 Å². The molecule has 1 aromatic carbocycles. The summed E-state index contributed by atoms with van der Waals surface area (Å²) in [6, 6.07) is 13.9. The second-order valence-corrected chi connectivity index (χ2v) is 8.22. The number of carbonyl (C=O) groups excluding carboxylic acids is 2. The fourth-order valence-corrected chi connectivity index (χ4v) is 4.50. The van der Waals surface area contributed by atoms with E-state index in [9.17, 15) is 9.59 Å². The van der Waals surface area contributed by atoms with Crippen molar-refractivity contribution in [2.75, 3.05) is 0 Å². The van der Waals surface area contributed by atoms with E-state index in [0.717, 1.165) is 22.5 Å². The van der Waals surface area contributed by atoms with Crippen LogP contribution in [0.2, 0.25) is 0 Å². The van der Waals surface area contributed by atoms with Gasteiger partial charge in [0.1, 0.15) is 5.78 Å². The van der Waals surface area contributed by atoms with E-state index in [0.29, 0.717) is 12.0 Å². The number of benzene rings is 1. The van der Waals surface area contributed by atoms with Crippen LogP contribution in [0.3, 0.4) is 0 Å². The Labute approximate surface area is 176 Å². The lowest BCUT2D eigenvalue weighted by atomic mass is 9.69. The minimum Gasteiger partial charge on any atom is -0.460 e. The van der Waals surface area contributed by atoms with Gasteiger partial charge in [0.25, 0.3) is 0 Å². The summed E-state index contributed by atoms with van der Waals surface area (Å²) >= 11 is 0. The Morgan fingerprint density at radius 1 is 1.07 bits per heavy atom. The molecule has 2 N–H and O–H groups in total. The van der Waals surface area contributed by atoms with Gasteiger partial charge in [0, 0.05) is 41.8 Å². The summed E-state index contributed by atoms with van der Waals surface area (Å²) in [5.74, 6) is -1.01. The van der Waals surface area contributed by atoms with Gasteiger partial charge in [-0.15, -0.1) is 0 Å². The van der Waals surface area contributed by atoms with Gasteiger partial charge in [-0.05, 0) is 31.9 Å². The van der Waals surface area contributed by atoms with Crippen LogP contribution in [0.5, 0.6) is 0 Å². The molecule has 0 spiro atoms. The number of aromatic nitrogens is 1. The third-order valence-electron chi connectivity index (χ3n) is 5.76. The van der Waals surface area contributed by atoms with Crippen LogP contribution in [0.25, 0.3) is 0 Å². The second kappa shape index (κ2) is 8.27. The molecular formula is C25H27N2O3+. The largest absolute Gasteiger partial charge is 0.460 e. The SMILES string of the molecule is CC1=C(C(=O)OC(C)C)C(c2cc[nH+]cc2)C2C(=O)CC(c3ccccc3)C=C2N1. The first-order valence-corrected chi connectivity index (χ1v) is 10.4. The molecule has 0 amide bonds. The molecule has 154 valence electrons. The molecule has 0 saturated heterocycles. The van der Waals surface area contributed by atoms with Gasteiger partial charge in [-0.3, -0.25) is 4.79 Å². The highest BCUT2D eigenvalue weighted by molar-refractivity contribution is 5.96. The van der Waals surface area contributed by atoms with Crippen molar-refractivity contribution in [1.29, 1.82) is 0 Å². The first-order valence-electron chi connectivity index (χ1n) is 10.4. The maximum Gasteiger partial charge on any atom is 0.336 e. The Kier molecular flexibility index (Phi) is 5.53. The number of ether oxygens (including phenoxy) is 1. The van der Waals surface area contributed by atoms with Gasteiger partial charge in [-0.25, -0.2) is 9.78 Å². The fourth-order valence-electron chi connectivity index (χ4n) is 4.50. The predicted molar refractivity (Wildman–Crippen MR) is 113 cm³/mol. The van der Waals surface area contributed by atoms with Gasteiger partial charge >= 0.3 is 5.97 Å². The van der Waals surface area contributed by atoms with Crippen molar-refractivity contribution >= 4 is 11.8 Å². The van der Waals surface area contributed by atoms with Crippen LogP contribution in [-0.4, -0.2) is 17.9 Å². The number of hydrogen-bond donors (Lipinski definition) is 1. The quantitative estimate of drug-likeness (QED) is 0.791. The summed E-state index contributed by atoms with van der Waals surface area (Å²) in [6.45, 7) is 5.54. The number of fused-ring (bicyclic) bond motifs is 1. The molecule has 3 atom stereocenters. The molecule has 2 aromatic rings. The Hall–Kier alpha value is -3.21. The van der Waals surface area contributed by atoms with Crippen LogP contribution in [0.15, 0.2) is 77.9 Å². The fraction of sp³-hybridized carbons (Fsp3) is 0.320. The molecule has 1 aliphatic heterocycles. The lowest BCUT2D eigenvalue weighted by Crippen LogP contribution is -2.42. The molecule has 5 heteroatoms. The molecule has 0 radical (unpaired) electrons. The molecule has 0 fully saturated rings. The van der Waals surface area contributed by atoms with Crippen LogP contribution in [0.4, 0.5) is 0 Å². The summed E-state index contributed by atoms with van der Waals surface area (Å²) < 4.78 is 5.54. The number of Topliss-reactive ketones (excluding diaryl/α,β-unsaturated/α-hetero) is 1. The number of nitrogens with one attached hydrogen (secondary N) is 2. The van der Waals surface area contributed by atoms with Crippen molar-refractivity contribution in [1.82, 2.24) is 5.32 Å². The Morgan fingerprint density at radius 2 is 1.77 bits per heavy atom. The van der Waals surface area contributed by atoms with Crippen molar-refractivity contribution in [3.63, 3.8) is 0 Å². The van der Waals surface area contributed by atoms with E-state index < -0.39 is 5.92 Å². The van der Waals surface area contributed by atoms with Crippen molar-refractivity contribution in [2.24, 2.45) is 5.92 Å². The van der Waals surface area contributed by atoms with Gasteiger partial charge in [0.05, 0.1) is 17.6 Å². The molecule has 0 saturated carbocycles. The number of esters is 1. The normalized spacial score (nSPS) is 23.5. The summed E-state index contributed by atoms with van der Waals surface area (Å²) in [4.78, 5) is 29.5. The van der Waals surface area contributed by atoms with E-state index in [1.807, 2.05) is 63.5 Å². The lowest BCUT2D eigenvalue weighted by Gasteiger charge is -2.39.